The Kier molecular flexibility index (Phi) is 59.0. The Bertz CT molecular complexity index is 1520. The molecule has 0 aromatic heterocycles. The number of carbonyl (C=O) groups is 1. The second kappa shape index (κ2) is 60.5. The molecule has 9 heteroatoms. The van der Waals surface area contributed by atoms with Crippen molar-refractivity contribution in [3.8, 4) is 0 Å². The smallest absolute Gasteiger partial charge is 0.391 e. The minimum Gasteiger partial charge on any atom is -0.391 e. The van der Waals surface area contributed by atoms with Crippen LogP contribution in [0.5, 0.6) is 0 Å². The molecule has 0 aliphatic heterocycles. The van der Waals surface area contributed by atoms with E-state index in [1.165, 1.54) is 205 Å². The summed E-state index contributed by atoms with van der Waals surface area (Å²) in [5.74, 6) is -0.151. The third-order valence-electron chi connectivity index (χ3n) is 15.2. The van der Waals surface area contributed by atoms with Gasteiger partial charge >= 0.3 is 7.82 Å². The van der Waals surface area contributed by atoms with Gasteiger partial charge in [0.25, 0.3) is 0 Å². The van der Waals surface area contributed by atoms with Gasteiger partial charge in [-0.1, -0.05) is 318 Å². The zero-order valence-electron chi connectivity index (χ0n) is 52.9. The Balaban J connectivity index is 4.09. The number of rotatable bonds is 62. The summed E-state index contributed by atoms with van der Waals surface area (Å²) in [6.07, 6.45) is 84.2. The number of aliphatic hydroxyl groups is 1. The molecule has 0 saturated heterocycles. The Labute approximate surface area is 491 Å². The molecule has 0 radical (unpaired) electrons. The summed E-state index contributed by atoms with van der Waals surface area (Å²) < 4.78 is 23.9. The van der Waals surface area contributed by atoms with Gasteiger partial charge in [0.15, 0.2) is 0 Å². The first-order chi connectivity index (χ1) is 38.5. The van der Waals surface area contributed by atoms with E-state index < -0.39 is 20.0 Å². The van der Waals surface area contributed by atoms with E-state index in [9.17, 15) is 19.4 Å². The van der Waals surface area contributed by atoms with Crippen molar-refractivity contribution < 1.29 is 32.9 Å². The number of carbonyl (C=O) groups excluding carboxylic acids is 1. The quantitative estimate of drug-likeness (QED) is 0.0243. The van der Waals surface area contributed by atoms with Gasteiger partial charge in [0, 0.05) is 6.42 Å². The third-order valence-corrected chi connectivity index (χ3v) is 16.2. The van der Waals surface area contributed by atoms with Gasteiger partial charge in [-0.25, -0.2) is 4.57 Å². The topological polar surface area (TPSA) is 105 Å². The van der Waals surface area contributed by atoms with Crippen molar-refractivity contribution in [2.24, 2.45) is 0 Å². The molecule has 462 valence electrons. The molecule has 0 spiro atoms. The van der Waals surface area contributed by atoms with Crippen LogP contribution in [0.15, 0.2) is 72.9 Å². The number of hydrogen-bond acceptors (Lipinski definition) is 5. The fraction of sp³-hybridized carbons (Fsp3) is 0.814. The van der Waals surface area contributed by atoms with E-state index in [2.05, 4.69) is 92.1 Å². The Morgan fingerprint density at radius 2 is 0.759 bits per heavy atom. The van der Waals surface area contributed by atoms with Gasteiger partial charge in [-0.3, -0.25) is 13.8 Å². The Hall–Kier alpha value is -2.06. The number of nitrogens with zero attached hydrogens (tertiary/aromatic N) is 1. The summed E-state index contributed by atoms with van der Waals surface area (Å²) in [5, 5.41) is 14.1. The molecule has 0 aliphatic rings. The fourth-order valence-electron chi connectivity index (χ4n) is 10.00. The highest BCUT2D eigenvalue weighted by Crippen LogP contribution is 2.43. The van der Waals surface area contributed by atoms with Crippen molar-refractivity contribution in [3.63, 3.8) is 0 Å². The molecule has 0 aromatic carbocycles. The second-order valence-electron chi connectivity index (χ2n) is 24.2. The summed E-state index contributed by atoms with van der Waals surface area (Å²) in [5.41, 5.74) is 0. The molecule has 8 nitrogen and oxygen atoms in total. The number of nitrogens with one attached hydrogen (secondary N) is 1. The molecule has 0 fully saturated rings. The molecule has 0 aromatic rings. The maximum absolute atomic E-state index is 13.1. The van der Waals surface area contributed by atoms with E-state index in [0.29, 0.717) is 23.9 Å². The summed E-state index contributed by atoms with van der Waals surface area (Å²) in [4.78, 5) is 23.4. The number of unbranched alkanes of at least 4 members (excludes halogenated alkanes) is 37. The molecule has 0 rings (SSSR count). The van der Waals surface area contributed by atoms with Crippen LogP contribution in [0.4, 0.5) is 0 Å². The number of amides is 1. The van der Waals surface area contributed by atoms with Gasteiger partial charge in [0.1, 0.15) is 13.2 Å². The Morgan fingerprint density at radius 1 is 0.443 bits per heavy atom. The molecule has 0 aliphatic carbocycles. The minimum absolute atomic E-state index is 0.0703. The maximum Gasteiger partial charge on any atom is 0.472 e. The Morgan fingerprint density at radius 3 is 1.11 bits per heavy atom. The second-order valence-corrected chi connectivity index (χ2v) is 25.6. The van der Waals surface area contributed by atoms with Crippen molar-refractivity contribution in [1.82, 2.24) is 5.32 Å². The normalized spacial score (nSPS) is 14.2. The predicted molar refractivity (Wildman–Crippen MR) is 346 cm³/mol. The highest BCUT2D eigenvalue weighted by Gasteiger charge is 2.28. The number of phosphoric acid groups is 1. The lowest BCUT2D eigenvalue weighted by atomic mass is 10.0. The van der Waals surface area contributed by atoms with Crippen LogP contribution in [-0.2, 0) is 18.4 Å². The standard InChI is InChI=1S/C70H131N2O6P/c1-6-8-10-12-14-16-18-20-22-24-26-28-30-32-34-35-36-38-39-41-43-45-47-49-51-53-55-57-59-61-63-69(73)68(67-78-79(75,76)77-66-65-72(3,4)5)71-70(74)64-62-60-58-56-54-52-50-48-46-44-42-40-37-33-31-29-27-25-23-21-19-17-15-13-11-9-7-2/h9,11,15,17,21,23,27,29,33,37,42,44,68-69,73H,6-8,10,12-14,16,18-20,22,24-26,28,30-32,34-36,38-41,43,45-67H2,1-5H3,(H-,71,74,75,76)/p+1/b11-9-,17-15-,23-21-,29-27-,37-33-,44-42-. The molecular formula is C70H132N2O6P+. The van der Waals surface area contributed by atoms with Crippen LogP contribution in [0.1, 0.15) is 316 Å². The summed E-state index contributed by atoms with van der Waals surface area (Å²) in [6, 6.07) is -0.772. The van der Waals surface area contributed by atoms with Gasteiger partial charge in [-0.05, 0) is 64.2 Å². The molecule has 3 N–H and O–H groups in total. The van der Waals surface area contributed by atoms with Crippen molar-refractivity contribution in [3.05, 3.63) is 72.9 Å². The lowest BCUT2D eigenvalue weighted by Gasteiger charge is -2.26. The van der Waals surface area contributed by atoms with Crippen LogP contribution in [0.25, 0.3) is 0 Å². The van der Waals surface area contributed by atoms with E-state index in [1.807, 2.05) is 21.1 Å². The average molecular weight is 1130 g/mol. The van der Waals surface area contributed by atoms with Crippen molar-refractivity contribution in [2.45, 2.75) is 328 Å². The van der Waals surface area contributed by atoms with Crippen molar-refractivity contribution >= 4 is 13.7 Å². The van der Waals surface area contributed by atoms with E-state index in [-0.39, 0.29) is 19.1 Å². The van der Waals surface area contributed by atoms with Crippen molar-refractivity contribution in [2.75, 3.05) is 40.9 Å². The van der Waals surface area contributed by atoms with Crippen molar-refractivity contribution in [1.29, 1.82) is 0 Å². The number of phosphoric ester groups is 1. The van der Waals surface area contributed by atoms with Gasteiger partial charge in [0.05, 0.1) is 39.9 Å². The molecule has 0 heterocycles. The monoisotopic (exact) mass is 1130 g/mol. The van der Waals surface area contributed by atoms with Crippen LogP contribution in [0, 0.1) is 0 Å². The number of hydrogen-bond donors (Lipinski definition) is 3. The van der Waals surface area contributed by atoms with Crippen LogP contribution in [0.2, 0.25) is 0 Å². The highest BCUT2D eigenvalue weighted by atomic mass is 31.2. The van der Waals surface area contributed by atoms with Gasteiger partial charge in [-0.2, -0.15) is 0 Å². The molecule has 79 heavy (non-hydrogen) atoms. The van der Waals surface area contributed by atoms with E-state index in [0.717, 1.165) is 83.5 Å². The average Bonchev–Trinajstić information content (AvgIpc) is 3.42. The molecule has 1 amide bonds. The zero-order chi connectivity index (χ0) is 57.7. The SMILES string of the molecule is CC/C=C\C/C=C\C/C=C\C/C=C\C/C=C\C/C=C\CCCCCCCCCCC(=O)NC(COP(=O)(O)OCC[N+](C)(C)C)C(O)CCCCCCCCCCCCCCCCCCCCCCCCCCCCCCCC. The van der Waals surface area contributed by atoms with E-state index >= 15 is 0 Å². The molecule has 3 atom stereocenters. The largest absolute Gasteiger partial charge is 0.472 e. The first-order valence-electron chi connectivity index (χ1n) is 33.8. The van der Waals surface area contributed by atoms with Crippen LogP contribution in [-0.4, -0.2) is 73.4 Å². The minimum atomic E-state index is -4.34. The summed E-state index contributed by atoms with van der Waals surface area (Å²) in [7, 11) is 1.61. The van der Waals surface area contributed by atoms with E-state index in [4.69, 9.17) is 9.05 Å². The number of likely N-dealkylation sites (N-methyl/N-ethyl adjacent to an activating group) is 1. The fourth-order valence-corrected chi connectivity index (χ4v) is 10.7. The van der Waals surface area contributed by atoms with Crippen LogP contribution in [0.3, 0.4) is 0 Å². The first kappa shape index (κ1) is 76.9. The maximum atomic E-state index is 13.1. The van der Waals surface area contributed by atoms with Crippen LogP contribution < -0.4 is 5.32 Å². The predicted octanol–water partition coefficient (Wildman–Crippen LogP) is 21.4. The lowest BCUT2D eigenvalue weighted by Crippen LogP contribution is -2.46. The number of allylic oxidation sites excluding steroid dienone is 12. The molecule has 0 bridgehead atoms. The summed E-state index contributed by atoms with van der Waals surface area (Å²) in [6.45, 7) is 4.80. The third kappa shape index (κ3) is 63.4. The number of aliphatic hydroxyl groups excluding tert-OH is 1. The van der Waals surface area contributed by atoms with E-state index in [1.54, 1.807) is 0 Å². The van der Waals surface area contributed by atoms with Crippen LogP contribution >= 0.6 is 7.82 Å². The first-order valence-corrected chi connectivity index (χ1v) is 35.3. The zero-order valence-corrected chi connectivity index (χ0v) is 53.8. The lowest BCUT2D eigenvalue weighted by molar-refractivity contribution is -0.870. The summed E-state index contributed by atoms with van der Waals surface area (Å²) >= 11 is 0. The molecular weight excluding hydrogens is 996 g/mol. The number of quaternary nitrogens is 1. The van der Waals surface area contributed by atoms with Gasteiger partial charge in [-0.15, -0.1) is 0 Å². The molecule has 3 unspecified atom stereocenters. The molecule has 0 saturated carbocycles. The van der Waals surface area contributed by atoms with Gasteiger partial charge < -0.3 is 19.8 Å². The highest BCUT2D eigenvalue weighted by molar-refractivity contribution is 7.47. The van der Waals surface area contributed by atoms with Gasteiger partial charge in [0.2, 0.25) is 5.91 Å².